The number of aryl methyl sites for hydroxylation is 1. The van der Waals surface area contributed by atoms with Gasteiger partial charge in [0.2, 0.25) is 0 Å². The molecule has 4 nitrogen and oxygen atoms in total. The summed E-state index contributed by atoms with van der Waals surface area (Å²) in [7, 11) is 1.22. The topological polar surface area (TPSA) is 59.3 Å². The molecule has 0 spiro atoms. The van der Waals surface area contributed by atoms with E-state index < -0.39 is 12.3 Å². The summed E-state index contributed by atoms with van der Waals surface area (Å²) in [6.45, 7) is 0. The van der Waals surface area contributed by atoms with E-state index in [2.05, 4.69) is 4.74 Å². The Morgan fingerprint density at radius 3 is 2.69 bits per heavy atom. The van der Waals surface area contributed by atoms with Crippen molar-refractivity contribution in [2.24, 2.45) is 0 Å². The molecule has 0 aliphatic heterocycles. The van der Waals surface area contributed by atoms with E-state index in [0.717, 1.165) is 5.56 Å². The largest absolute Gasteiger partial charge is 0.509 e. The van der Waals surface area contributed by atoms with E-state index in [1.165, 1.54) is 7.11 Å². The zero-order chi connectivity index (χ0) is 11.8. The predicted molar refractivity (Wildman–Crippen MR) is 57.7 cm³/mol. The summed E-state index contributed by atoms with van der Waals surface area (Å²) in [5, 5.41) is 8.77. The highest BCUT2D eigenvalue weighted by Gasteiger charge is 2.13. The van der Waals surface area contributed by atoms with Gasteiger partial charge in [-0.05, 0) is 12.0 Å². The van der Waals surface area contributed by atoms with Crippen molar-refractivity contribution < 1.29 is 14.3 Å². The van der Waals surface area contributed by atoms with Crippen molar-refractivity contribution >= 4 is 6.16 Å². The van der Waals surface area contributed by atoms with Crippen LogP contribution in [0.2, 0.25) is 0 Å². The fraction of sp³-hybridized carbons (Fsp3) is 0.333. The van der Waals surface area contributed by atoms with Crippen LogP contribution in [-0.4, -0.2) is 19.4 Å². The average molecular weight is 219 g/mol. The Kier molecular flexibility index (Phi) is 4.87. The second-order valence-electron chi connectivity index (χ2n) is 3.21. The molecule has 1 aromatic carbocycles. The summed E-state index contributed by atoms with van der Waals surface area (Å²) in [6.07, 6.45) is -0.418. The summed E-state index contributed by atoms with van der Waals surface area (Å²) < 4.78 is 9.07. The summed E-state index contributed by atoms with van der Waals surface area (Å²) in [4.78, 5) is 10.8. The first-order chi connectivity index (χ1) is 7.76. The lowest BCUT2D eigenvalue weighted by Crippen LogP contribution is -2.17. The van der Waals surface area contributed by atoms with Gasteiger partial charge in [0.15, 0.2) is 6.10 Å². The molecule has 0 fully saturated rings. The standard InChI is InChI=1S/C12H13NO3/c1-15-12(14)16-11(9-13)8-7-10-5-3-2-4-6-10/h2-6,11H,7-8H2,1H3/t11-/m0/s1. The maximum absolute atomic E-state index is 10.8. The molecule has 0 saturated heterocycles. The summed E-state index contributed by atoms with van der Waals surface area (Å²) in [5.74, 6) is 0. The Labute approximate surface area is 94.4 Å². The van der Waals surface area contributed by atoms with Crippen molar-refractivity contribution in [2.75, 3.05) is 7.11 Å². The first-order valence-corrected chi connectivity index (χ1v) is 4.94. The summed E-state index contributed by atoms with van der Waals surface area (Å²) >= 11 is 0. The lowest BCUT2D eigenvalue weighted by atomic mass is 10.1. The van der Waals surface area contributed by atoms with Crippen molar-refractivity contribution in [1.29, 1.82) is 5.26 Å². The van der Waals surface area contributed by atoms with Gasteiger partial charge in [-0.15, -0.1) is 0 Å². The normalized spacial score (nSPS) is 11.2. The third-order valence-corrected chi connectivity index (χ3v) is 2.09. The van der Waals surface area contributed by atoms with E-state index in [9.17, 15) is 4.79 Å². The van der Waals surface area contributed by atoms with Gasteiger partial charge < -0.3 is 9.47 Å². The molecule has 0 aliphatic rings. The SMILES string of the molecule is COC(=O)O[C@H](C#N)CCc1ccccc1. The van der Waals surface area contributed by atoms with Gasteiger partial charge >= 0.3 is 6.16 Å². The minimum Gasteiger partial charge on any atom is -0.438 e. The Bertz CT molecular complexity index is 370. The van der Waals surface area contributed by atoms with Crippen LogP contribution in [0.15, 0.2) is 30.3 Å². The monoisotopic (exact) mass is 219 g/mol. The maximum Gasteiger partial charge on any atom is 0.509 e. The molecular weight excluding hydrogens is 206 g/mol. The first kappa shape index (κ1) is 12.1. The van der Waals surface area contributed by atoms with Gasteiger partial charge in [0.25, 0.3) is 0 Å². The van der Waals surface area contributed by atoms with Crippen molar-refractivity contribution in [2.45, 2.75) is 18.9 Å². The molecule has 0 bridgehead atoms. The van der Waals surface area contributed by atoms with Crippen LogP contribution < -0.4 is 0 Å². The van der Waals surface area contributed by atoms with Gasteiger partial charge in [0.1, 0.15) is 6.07 Å². The minimum atomic E-state index is -0.820. The molecule has 0 aromatic heterocycles. The van der Waals surface area contributed by atoms with E-state index in [1.54, 1.807) is 0 Å². The molecule has 84 valence electrons. The van der Waals surface area contributed by atoms with Crippen molar-refractivity contribution in [3.05, 3.63) is 35.9 Å². The zero-order valence-electron chi connectivity index (χ0n) is 9.05. The number of hydrogen-bond donors (Lipinski definition) is 0. The number of nitriles is 1. The minimum absolute atomic E-state index is 0.468. The van der Waals surface area contributed by atoms with Crippen molar-refractivity contribution in [3.63, 3.8) is 0 Å². The van der Waals surface area contributed by atoms with E-state index in [0.29, 0.717) is 12.8 Å². The smallest absolute Gasteiger partial charge is 0.438 e. The highest BCUT2D eigenvalue weighted by atomic mass is 16.7. The highest BCUT2D eigenvalue weighted by molar-refractivity contribution is 5.60. The van der Waals surface area contributed by atoms with Gasteiger partial charge in [-0.3, -0.25) is 0 Å². The lowest BCUT2D eigenvalue weighted by molar-refractivity contribution is 0.0523. The molecule has 1 aromatic rings. The lowest BCUT2D eigenvalue weighted by Gasteiger charge is -2.09. The Morgan fingerprint density at radius 2 is 2.12 bits per heavy atom. The second-order valence-corrected chi connectivity index (χ2v) is 3.21. The average Bonchev–Trinajstić information content (AvgIpc) is 2.35. The van der Waals surface area contributed by atoms with Gasteiger partial charge in [-0.1, -0.05) is 30.3 Å². The molecule has 0 radical (unpaired) electrons. The van der Waals surface area contributed by atoms with E-state index in [4.69, 9.17) is 10.00 Å². The molecule has 1 atom stereocenters. The number of hydrogen-bond acceptors (Lipinski definition) is 4. The number of carbonyl (C=O) groups is 1. The van der Waals surface area contributed by atoms with Crippen LogP contribution in [0.5, 0.6) is 0 Å². The molecule has 0 saturated carbocycles. The second kappa shape index (κ2) is 6.46. The highest BCUT2D eigenvalue weighted by Crippen LogP contribution is 2.07. The maximum atomic E-state index is 10.8. The molecule has 16 heavy (non-hydrogen) atoms. The summed E-state index contributed by atoms with van der Waals surface area (Å²) in [5.41, 5.74) is 1.11. The number of benzene rings is 1. The van der Waals surface area contributed by atoms with E-state index in [1.807, 2.05) is 36.4 Å². The molecule has 0 heterocycles. The third-order valence-electron chi connectivity index (χ3n) is 2.09. The molecule has 0 unspecified atom stereocenters. The quantitative estimate of drug-likeness (QED) is 0.729. The number of ether oxygens (including phenoxy) is 2. The Balaban J connectivity index is 2.41. The predicted octanol–water partition coefficient (Wildman–Crippen LogP) is 2.29. The van der Waals surface area contributed by atoms with E-state index >= 15 is 0 Å². The molecule has 0 aliphatic carbocycles. The van der Waals surface area contributed by atoms with Crippen molar-refractivity contribution in [3.8, 4) is 6.07 Å². The Morgan fingerprint density at radius 1 is 1.44 bits per heavy atom. The number of carbonyl (C=O) groups excluding carboxylic acids is 1. The zero-order valence-corrected chi connectivity index (χ0v) is 9.05. The molecule has 0 amide bonds. The van der Waals surface area contributed by atoms with Gasteiger partial charge in [0.05, 0.1) is 7.11 Å². The number of nitrogens with zero attached hydrogens (tertiary/aromatic N) is 1. The number of rotatable bonds is 4. The molecular formula is C12H13NO3. The fourth-order valence-corrected chi connectivity index (χ4v) is 1.26. The third kappa shape index (κ3) is 4.01. The van der Waals surface area contributed by atoms with Gasteiger partial charge in [0, 0.05) is 6.42 Å². The van der Waals surface area contributed by atoms with Gasteiger partial charge in [-0.25, -0.2) is 4.79 Å². The van der Waals surface area contributed by atoms with Crippen LogP contribution in [0.3, 0.4) is 0 Å². The van der Waals surface area contributed by atoms with Crippen LogP contribution in [-0.2, 0) is 15.9 Å². The Hall–Kier alpha value is -2.02. The number of methoxy groups -OCH3 is 1. The summed E-state index contributed by atoms with van der Waals surface area (Å²) in [6, 6.07) is 11.6. The molecule has 4 heteroatoms. The van der Waals surface area contributed by atoms with Crippen LogP contribution in [0.1, 0.15) is 12.0 Å². The fourth-order valence-electron chi connectivity index (χ4n) is 1.26. The first-order valence-electron chi connectivity index (χ1n) is 4.94. The van der Waals surface area contributed by atoms with E-state index in [-0.39, 0.29) is 0 Å². The van der Waals surface area contributed by atoms with Crippen LogP contribution in [0.4, 0.5) is 4.79 Å². The van der Waals surface area contributed by atoms with Crippen molar-refractivity contribution in [1.82, 2.24) is 0 Å². The molecule has 1 rings (SSSR count). The van der Waals surface area contributed by atoms with Crippen LogP contribution >= 0.6 is 0 Å². The van der Waals surface area contributed by atoms with Crippen LogP contribution in [0.25, 0.3) is 0 Å². The van der Waals surface area contributed by atoms with Crippen LogP contribution in [0, 0.1) is 11.3 Å². The molecule has 0 N–H and O–H groups in total. The van der Waals surface area contributed by atoms with Gasteiger partial charge in [-0.2, -0.15) is 5.26 Å².